The number of rotatable bonds is 4. The fraction of sp³-hybridized carbons (Fsp3) is 0.867. The average molecular weight is 263 g/mol. The Morgan fingerprint density at radius 3 is 2.47 bits per heavy atom. The van der Waals surface area contributed by atoms with Gasteiger partial charge >= 0.3 is 0 Å². The molecular formula is C15H25N3O. The Bertz CT molecular complexity index is 392. The summed E-state index contributed by atoms with van der Waals surface area (Å²) in [7, 11) is 0. The third-order valence-corrected chi connectivity index (χ3v) is 4.81. The van der Waals surface area contributed by atoms with Gasteiger partial charge in [-0.15, -0.1) is 0 Å². The zero-order chi connectivity index (χ0) is 13.1. The van der Waals surface area contributed by atoms with Crippen molar-refractivity contribution < 1.29 is 4.52 Å². The molecule has 1 heterocycles. The van der Waals surface area contributed by atoms with Crippen LogP contribution in [-0.2, 0) is 0 Å². The Kier molecular flexibility index (Phi) is 4.16. The molecule has 1 aromatic rings. The highest BCUT2D eigenvalue weighted by molar-refractivity contribution is 5.00. The second-order valence-corrected chi connectivity index (χ2v) is 6.32. The number of hydrogen-bond acceptors (Lipinski definition) is 4. The number of hydrogen-bond donors (Lipinski definition) is 1. The lowest BCUT2D eigenvalue weighted by molar-refractivity contribution is 0.283. The standard InChI is InChI=1S/C15H25N3O/c16-13(10-11-6-2-1-3-7-11)15-17-14(18-19-15)12-8-4-5-9-12/h11-13H,1-10,16H2. The van der Waals surface area contributed by atoms with Crippen molar-refractivity contribution in [2.75, 3.05) is 0 Å². The van der Waals surface area contributed by atoms with Gasteiger partial charge in [-0.05, 0) is 25.2 Å². The Morgan fingerprint density at radius 1 is 1.05 bits per heavy atom. The van der Waals surface area contributed by atoms with Crippen LogP contribution in [0.4, 0.5) is 0 Å². The lowest BCUT2D eigenvalue weighted by atomic mass is 9.85. The molecule has 0 aromatic carbocycles. The third-order valence-electron chi connectivity index (χ3n) is 4.81. The first-order chi connectivity index (χ1) is 9.33. The molecule has 4 nitrogen and oxygen atoms in total. The molecular weight excluding hydrogens is 238 g/mol. The first-order valence-electron chi connectivity index (χ1n) is 7.92. The van der Waals surface area contributed by atoms with E-state index in [1.807, 2.05) is 0 Å². The molecule has 1 unspecified atom stereocenters. The van der Waals surface area contributed by atoms with E-state index in [-0.39, 0.29) is 6.04 Å². The van der Waals surface area contributed by atoms with Crippen molar-refractivity contribution >= 4 is 0 Å². The van der Waals surface area contributed by atoms with Crippen molar-refractivity contribution in [2.24, 2.45) is 11.7 Å². The van der Waals surface area contributed by atoms with Gasteiger partial charge in [0.25, 0.3) is 0 Å². The maximum absolute atomic E-state index is 6.24. The van der Waals surface area contributed by atoms with Crippen LogP contribution >= 0.6 is 0 Å². The molecule has 4 heteroatoms. The summed E-state index contributed by atoms with van der Waals surface area (Å²) in [6, 6.07) is -0.0641. The largest absolute Gasteiger partial charge is 0.338 e. The zero-order valence-electron chi connectivity index (χ0n) is 11.7. The molecule has 2 fully saturated rings. The van der Waals surface area contributed by atoms with Crippen LogP contribution in [0.1, 0.15) is 87.9 Å². The minimum atomic E-state index is -0.0641. The van der Waals surface area contributed by atoms with Gasteiger partial charge in [-0.25, -0.2) is 0 Å². The van der Waals surface area contributed by atoms with E-state index in [1.165, 1.54) is 57.8 Å². The molecule has 1 atom stereocenters. The Hall–Kier alpha value is -0.900. The fourth-order valence-electron chi connectivity index (χ4n) is 3.63. The Balaban J connectivity index is 1.58. The van der Waals surface area contributed by atoms with Crippen LogP contribution in [-0.4, -0.2) is 10.1 Å². The molecule has 3 rings (SSSR count). The van der Waals surface area contributed by atoms with Gasteiger partial charge in [0.15, 0.2) is 5.82 Å². The molecule has 2 N–H and O–H groups in total. The second kappa shape index (κ2) is 6.04. The maximum Gasteiger partial charge on any atom is 0.243 e. The lowest BCUT2D eigenvalue weighted by Gasteiger charge is -2.22. The summed E-state index contributed by atoms with van der Waals surface area (Å²) in [5, 5.41) is 4.15. The maximum atomic E-state index is 6.24. The molecule has 106 valence electrons. The quantitative estimate of drug-likeness (QED) is 0.899. The predicted molar refractivity (Wildman–Crippen MR) is 73.6 cm³/mol. The van der Waals surface area contributed by atoms with Crippen LogP contribution in [0.2, 0.25) is 0 Å². The van der Waals surface area contributed by atoms with Crippen LogP contribution in [0, 0.1) is 5.92 Å². The van der Waals surface area contributed by atoms with Crippen molar-refractivity contribution in [2.45, 2.75) is 76.2 Å². The minimum absolute atomic E-state index is 0.0641. The highest BCUT2D eigenvalue weighted by Gasteiger charge is 2.25. The summed E-state index contributed by atoms with van der Waals surface area (Å²) in [5.41, 5.74) is 6.24. The average Bonchev–Trinajstić information content (AvgIpc) is 3.11. The topological polar surface area (TPSA) is 64.9 Å². The van der Waals surface area contributed by atoms with Crippen LogP contribution < -0.4 is 5.73 Å². The van der Waals surface area contributed by atoms with E-state index in [2.05, 4.69) is 10.1 Å². The van der Waals surface area contributed by atoms with Crippen LogP contribution in [0.5, 0.6) is 0 Å². The van der Waals surface area contributed by atoms with Crippen molar-refractivity contribution in [3.8, 4) is 0 Å². The molecule has 19 heavy (non-hydrogen) atoms. The van der Waals surface area contributed by atoms with Gasteiger partial charge in [0.05, 0.1) is 6.04 Å². The van der Waals surface area contributed by atoms with Crippen LogP contribution in [0.15, 0.2) is 4.52 Å². The highest BCUT2D eigenvalue weighted by atomic mass is 16.5. The van der Waals surface area contributed by atoms with Gasteiger partial charge in [-0.2, -0.15) is 4.98 Å². The van der Waals surface area contributed by atoms with E-state index in [4.69, 9.17) is 10.3 Å². The second-order valence-electron chi connectivity index (χ2n) is 6.32. The monoisotopic (exact) mass is 263 g/mol. The van der Waals surface area contributed by atoms with E-state index >= 15 is 0 Å². The van der Waals surface area contributed by atoms with Crippen LogP contribution in [0.25, 0.3) is 0 Å². The van der Waals surface area contributed by atoms with Gasteiger partial charge in [0.2, 0.25) is 5.89 Å². The van der Waals surface area contributed by atoms with E-state index < -0.39 is 0 Å². The summed E-state index contributed by atoms with van der Waals surface area (Å²) < 4.78 is 5.39. The third kappa shape index (κ3) is 3.16. The molecule has 0 saturated heterocycles. The number of nitrogens with two attached hydrogens (primary N) is 1. The smallest absolute Gasteiger partial charge is 0.243 e. The molecule has 0 bridgehead atoms. The van der Waals surface area contributed by atoms with Gasteiger partial charge in [-0.1, -0.05) is 50.1 Å². The van der Waals surface area contributed by atoms with Crippen molar-refractivity contribution in [3.05, 3.63) is 11.7 Å². The summed E-state index contributed by atoms with van der Waals surface area (Å²) in [6.07, 6.45) is 12.7. The molecule has 2 aliphatic rings. The molecule has 0 aliphatic heterocycles. The molecule has 0 amide bonds. The number of nitrogens with zero attached hydrogens (tertiary/aromatic N) is 2. The van der Waals surface area contributed by atoms with Crippen molar-refractivity contribution in [3.63, 3.8) is 0 Å². The lowest BCUT2D eigenvalue weighted by Crippen LogP contribution is -2.17. The highest BCUT2D eigenvalue weighted by Crippen LogP contribution is 2.34. The van der Waals surface area contributed by atoms with Crippen molar-refractivity contribution in [1.29, 1.82) is 0 Å². The van der Waals surface area contributed by atoms with E-state index in [0.717, 1.165) is 18.2 Å². The molecule has 2 saturated carbocycles. The molecule has 1 aromatic heterocycles. The summed E-state index contributed by atoms with van der Waals surface area (Å²) in [4.78, 5) is 4.55. The Labute approximate surface area is 115 Å². The van der Waals surface area contributed by atoms with Gasteiger partial charge in [-0.3, -0.25) is 0 Å². The predicted octanol–water partition coefficient (Wildman–Crippen LogP) is 3.70. The first-order valence-corrected chi connectivity index (χ1v) is 7.92. The molecule has 0 spiro atoms. The zero-order valence-corrected chi connectivity index (χ0v) is 11.7. The molecule has 0 radical (unpaired) electrons. The minimum Gasteiger partial charge on any atom is -0.338 e. The van der Waals surface area contributed by atoms with Gasteiger partial charge in [0.1, 0.15) is 0 Å². The van der Waals surface area contributed by atoms with Gasteiger partial charge < -0.3 is 10.3 Å². The van der Waals surface area contributed by atoms with E-state index in [9.17, 15) is 0 Å². The summed E-state index contributed by atoms with van der Waals surface area (Å²) in [5.74, 6) is 2.82. The SMILES string of the molecule is NC(CC1CCCCC1)c1nc(C2CCCC2)no1. The van der Waals surface area contributed by atoms with Crippen LogP contribution in [0.3, 0.4) is 0 Å². The normalized spacial score (nSPS) is 23.8. The summed E-state index contributed by atoms with van der Waals surface area (Å²) >= 11 is 0. The Morgan fingerprint density at radius 2 is 1.74 bits per heavy atom. The van der Waals surface area contributed by atoms with Gasteiger partial charge in [0, 0.05) is 5.92 Å². The summed E-state index contributed by atoms with van der Waals surface area (Å²) in [6.45, 7) is 0. The van der Waals surface area contributed by atoms with E-state index in [0.29, 0.717) is 11.8 Å². The first kappa shape index (κ1) is 13.1. The fourth-order valence-corrected chi connectivity index (χ4v) is 3.63. The van der Waals surface area contributed by atoms with Crippen molar-refractivity contribution in [1.82, 2.24) is 10.1 Å². The number of aromatic nitrogens is 2. The van der Waals surface area contributed by atoms with E-state index in [1.54, 1.807) is 0 Å². The molecule has 2 aliphatic carbocycles.